The summed E-state index contributed by atoms with van der Waals surface area (Å²) in [5, 5.41) is 4.50. The van der Waals surface area contributed by atoms with Gasteiger partial charge in [-0.2, -0.15) is 0 Å². The van der Waals surface area contributed by atoms with Crippen LogP contribution in [0.4, 0.5) is 0 Å². The van der Waals surface area contributed by atoms with Gasteiger partial charge in [0.2, 0.25) is 0 Å². The van der Waals surface area contributed by atoms with E-state index < -0.39 is 0 Å². The van der Waals surface area contributed by atoms with Gasteiger partial charge in [0.1, 0.15) is 11.3 Å². The summed E-state index contributed by atoms with van der Waals surface area (Å²) in [5.41, 5.74) is 2.29. The van der Waals surface area contributed by atoms with Crippen molar-refractivity contribution in [3.05, 3.63) is 35.6 Å². The fourth-order valence-corrected chi connectivity index (χ4v) is 2.40. The molecule has 1 atom stereocenters. The number of furan rings is 1. The first-order chi connectivity index (χ1) is 8.15. The third-order valence-corrected chi connectivity index (χ3v) is 3.45. The Bertz CT molecular complexity index is 499. The van der Waals surface area contributed by atoms with Crippen molar-refractivity contribution in [1.29, 1.82) is 0 Å². The van der Waals surface area contributed by atoms with Gasteiger partial charge in [0.05, 0.1) is 0 Å². The smallest absolute Gasteiger partial charge is 0.134 e. The fraction of sp³-hybridized carbons (Fsp3) is 0.467. The highest BCUT2D eigenvalue weighted by Gasteiger charge is 2.22. The van der Waals surface area contributed by atoms with E-state index in [1.165, 1.54) is 10.9 Å². The van der Waals surface area contributed by atoms with Gasteiger partial charge >= 0.3 is 0 Å². The van der Waals surface area contributed by atoms with Crippen LogP contribution >= 0.6 is 0 Å². The number of aryl methyl sites for hydroxylation is 1. The minimum absolute atomic E-state index is 0.437. The largest absolute Gasteiger partial charge is 0.460 e. The number of para-hydroxylation sites is 1. The zero-order valence-electron chi connectivity index (χ0n) is 11.1. The summed E-state index contributed by atoms with van der Waals surface area (Å²) in [5.74, 6) is 2.14. The summed E-state index contributed by atoms with van der Waals surface area (Å²) in [4.78, 5) is 0. The Kier molecular flexibility index (Phi) is 3.53. The van der Waals surface area contributed by atoms with Crippen molar-refractivity contribution in [2.24, 2.45) is 5.92 Å². The highest BCUT2D eigenvalue weighted by molar-refractivity contribution is 5.82. The van der Waals surface area contributed by atoms with E-state index >= 15 is 0 Å². The standard InChI is InChI=1S/C15H21NO/c1-10(2)13(9-16-4)15-11(3)12-7-5-6-8-14(12)17-15/h5-8,10,13,16H,9H2,1-4H3. The van der Waals surface area contributed by atoms with Gasteiger partial charge in [-0.05, 0) is 31.5 Å². The molecule has 2 heteroatoms. The Balaban J connectivity index is 2.49. The lowest BCUT2D eigenvalue weighted by Gasteiger charge is -2.19. The quantitative estimate of drug-likeness (QED) is 0.868. The van der Waals surface area contributed by atoms with E-state index in [1.54, 1.807) is 0 Å². The average Bonchev–Trinajstić information content (AvgIpc) is 2.64. The Morgan fingerprint density at radius 2 is 1.94 bits per heavy atom. The molecule has 0 amide bonds. The van der Waals surface area contributed by atoms with Gasteiger partial charge in [0.25, 0.3) is 0 Å². The van der Waals surface area contributed by atoms with E-state index in [1.807, 2.05) is 19.2 Å². The molecule has 2 rings (SSSR count). The summed E-state index contributed by atoms with van der Waals surface area (Å²) < 4.78 is 6.03. The normalized spacial score (nSPS) is 13.5. The number of nitrogens with one attached hydrogen (secondary N) is 1. The molecule has 1 aromatic carbocycles. The van der Waals surface area contributed by atoms with Gasteiger partial charge in [-0.1, -0.05) is 32.0 Å². The zero-order chi connectivity index (χ0) is 12.4. The minimum atomic E-state index is 0.437. The van der Waals surface area contributed by atoms with Gasteiger partial charge in [-0.15, -0.1) is 0 Å². The summed E-state index contributed by atoms with van der Waals surface area (Å²) in [6.45, 7) is 7.60. The molecular formula is C15H21NO. The molecule has 1 aromatic heterocycles. The van der Waals surface area contributed by atoms with Crippen LogP contribution in [0.25, 0.3) is 11.0 Å². The van der Waals surface area contributed by atoms with Crippen molar-refractivity contribution in [2.45, 2.75) is 26.7 Å². The predicted molar refractivity (Wildman–Crippen MR) is 72.5 cm³/mol. The van der Waals surface area contributed by atoms with E-state index in [2.05, 4.69) is 38.2 Å². The predicted octanol–water partition coefficient (Wildman–Crippen LogP) is 3.70. The number of fused-ring (bicyclic) bond motifs is 1. The molecule has 0 aliphatic rings. The Morgan fingerprint density at radius 1 is 1.24 bits per heavy atom. The van der Waals surface area contributed by atoms with Crippen molar-refractivity contribution in [3.8, 4) is 0 Å². The Hall–Kier alpha value is -1.28. The van der Waals surface area contributed by atoms with Crippen molar-refractivity contribution >= 4 is 11.0 Å². The molecule has 1 unspecified atom stereocenters. The molecule has 2 nitrogen and oxygen atoms in total. The van der Waals surface area contributed by atoms with E-state index in [0.29, 0.717) is 11.8 Å². The van der Waals surface area contributed by atoms with Crippen LogP contribution in [0.2, 0.25) is 0 Å². The first kappa shape index (κ1) is 12.2. The lowest BCUT2D eigenvalue weighted by molar-refractivity contribution is 0.397. The van der Waals surface area contributed by atoms with E-state index in [0.717, 1.165) is 17.9 Å². The lowest BCUT2D eigenvalue weighted by atomic mass is 9.91. The lowest BCUT2D eigenvalue weighted by Crippen LogP contribution is -2.21. The summed E-state index contributed by atoms with van der Waals surface area (Å²) in [6.07, 6.45) is 0. The maximum atomic E-state index is 6.03. The number of hydrogen-bond acceptors (Lipinski definition) is 2. The summed E-state index contributed by atoms with van der Waals surface area (Å²) in [7, 11) is 1.99. The topological polar surface area (TPSA) is 25.2 Å². The Morgan fingerprint density at radius 3 is 2.53 bits per heavy atom. The van der Waals surface area contributed by atoms with Crippen molar-refractivity contribution < 1.29 is 4.42 Å². The molecule has 0 radical (unpaired) electrons. The molecular weight excluding hydrogens is 210 g/mol. The molecule has 0 spiro atoms. The third-order valence-electron chi connectivity index (χ3n) is 3.45. The van der Waals surface area contributed by atoms with E-state index in [4.69, 9.17) is 4.42 Å². The molecule has 0 saturated carbocycles. The molecule has 1 N–H and O–H groups in total. The second kappa shape index (κ2) is 4.92. The summed E-state index contributed by atoms with van der Waals surface area (Å²) >= 11 is 0. The third kappa shape index (κ3) is 2.22. The molecule has 2 aromatic rings. The maximum Gasteiger partial charge on any atom is 0.134 e. The summed E-state index contributed by atoms with van der Waals surface area (Å²) in [6, 6.07) is 8.27. The van der Waals surface area contributed by atoms with Crippen molar-refractivity contribution in [2.75, 3.05) is 13.6 Å². The second-order valence-electron chi connectivity index (χ2n) is 5.00. The van der Waals surface area contributed by atoms with Crippen LogP contribution in [0.5, 0.6) is 0 Å². The highest BCUT2D eigenvalue weighted by Crippen LogP contribution is 2.33. The van der Waals surface area contributed by atoms with Crippen LogP contribution in [-0.4, -0.2) is 13.6 Å². The molecule has 0 aliphatic carbocycles. The first-order valence-corrected chi connectivity index (χ1v) is 6.27. The second-order valence-corrected chi connectivity index (χ2v) is 5.00. The number of likely N-dealkylation sites (N-methyl/N-ethyl adjacent to an activating group) is 1. The van der Waals surface area contributed by atoms with Crippen molar-refractivity contribution in [1.82, 2.24) is 5.32 Å². The van der Waals surface area contributed by atoms with Gasteiger partial charge in [-0.25, -0.2) is 0 Å². The number of rotatable bonds is 4. The molecule has 0 fully saturated rings. The average molecular weight is 231 g/mol. The maximum absolute atomic E-state index is 6.03. The van der Waals surface area contributed by atoms with Crippen molar-refractivity contribution in [3.63, 3.8) is 0 Å². The van der Waals surface area contributed by atoms with Crippen LogP contribution < -0.4 is 5.32 Å². The fourth-order valence-electron chi connectivity index (χ4n) is 2.40. The number of hydrogen-bond donors (Lipinski definition) is 1. The van der Waals surface area contributed by atoms with E-state index in [9.17, 15) is 0 Å². The molecule has 0 saturated heterocycles. The molecule has 92 valence electrons. The van der Waals surface area contributed by atoms with Gasteiger partial charge in [0.15, 0.2) is 0 Å². The first-order valence-electron chi connectivity index (χ1n) is 6.27. The molecule has 1 heterocycles. The minimum Gasteiger partial charge on any atom is -0.460 e. The van der Waals surface area contributed by atoms with Gasteiger partial charge in [-0.3, -0.25) is 0 Å². The molecule has 0 bridgehead atoms. The van der Waals surface area contributed by atoms with Gasteiger partial charge in [0, 0.05) is 17.8 Å². The van der Waals surface area contributed by atoms with Crippen LogP contribution in [0.1, 0.15) is 31.1 Å². The van der Waals surface area contributed by atoms with Crippen LogP contribution in [0.3, 0.4) is 0 Å². The number of benzene rings is 1. The van der Waals surface area contributed by atoms with Crippen LogP contribution in [-0.2, 0) is 0 Å². The zero-order valence-corrected chi connectivity index (χ0v) is 11.1. The molecule has 17 heavy (non-hydrogen) atoms. The Labute approximate surface area is 103 Å². The SMILES string of the molecule is CNCC(c1oc2ccccc2c1C)C(C)C. The van der Waals surface area contributed by atoms with Gasteiger partial charge < -0.3 is 9.73 Å². The van der Waals surface area contributed by atoms with E-state index in [-0.39, 0.29) is 0 Å². The van der Waals surface area contributed by atoms with Crippen LogP contribution in [0, 0.1) is 12.8 Å². The monoisotopic (exact) mass is 231 g/mol. The highest BCUT2D eigenvalue weighted by atomic mass is 16.3. The van der Waals surface area contributed by atoms with Crippen LogP contribution in [0.15, 0.2) is 28.7 Å². The molecule has 0 aliphatic heterocycles.